The number of carbonyl (C=O) groups is 1. The van der Waals surface area contributed by atoms with Crippen LogP contribution in [-0.2, 0) is 6.54 Å². The Morgan fingerprint density at radius 1 is 1.53 bits per heavy atom. The zero-order valence-electron chi connectivity index (χ0n) is 9.53. The van der Waals surface area contributed by atoms with Crippen molar-refractivity contribution in [3.05, 3.63) is 28.9 Å². The fourth-order valence-electron chi connectivity index (χ4n) is 1.94. The number of ether oxygens (including phenoxy) is 1. The van der Waals surface area contributed by atoms with E-state index in [0.29, 0.717) is 17.7 Å². The lowest BCUT2D eigenvalue weighted by atomic mass is 10.1. The molecule has 0 saturated carbocycles. The molecule has 2 aromatic rings. The summed E-state index contributed by atoms with van der Waals surface area (Å²) in [6, 6.07) is 5.29. The van der Waals surface area contributed by atoms with Gasteiger partial charge >= 0.3 is 5.97 Å². The summed E-state index contributed by atoms with van der Waals surface area (Å²) in [6.45, 7) is 2.54. The smallest absolute Gasteiger partial charge is 0.339 e. The van der Waals surface area contributed by atoms with Crippen molar-refractivity contribution in [2.45, 2.75) is 13.5 Å². The van der Waals surface area contributed by atoms with Crippen LogP contribution in [0.3, 0.4) is 0 Å². The standard InChI is InChI=1S/C12H12ClNO3/c1-3-14-9-5-4-7(17-2)6-8(9)10(11(14)13)12(15)16/h4-6H,3H2,1-2H3,(H,15,16). The van der Waals surface area contributed by atoms with Crippen LogP contribution < -0.4 is 4.74 Å². The maximum absolute atomic E-state index is 11.2. The van der Waals surface area contributed by atoms with Gasteiger partial charge in [-0.2, -0.15) is 0 Å². The van der Waals surface area contributed by atoms with Gasteiger partial charge in [0.2, 0.25) is 0 Å². The molecule has 4 nitrogen and oxygen atoms in total. The van der Waals surface area contributed by atoms with E-state index in [1.54, 1.807) is 23.8 Å². The summed E-state index contributed by atoms with van der Waals surface area (Å²) >= 11 is 6.08. The number of benzene rings is 1. The zero-order valence-corrected chi connectivity index (χ0v) is 10.3. The molecule has 0 bridgehead atoms. The van der Waals surface area contributed by atoms with Gasteiger partial charge < -0.3 is 14.4 Å². The second kappa shape index (κ2) is 4.30. The summed E-state index contributed by atoms with van der Waals surface area (Å²) in [7, 11) is 1.54. The molecule has 0 saturated heterocycles. The topological polar surface area (TPSA) is 51.5 Å². The van der Waals surface area contributed by atoms with E-state index in [1.165, 1.54) is 0 Å². The summed E-state index contributed by atoms with van der Waals surface area (Å²) in [5.41, 5.74) is 0.929. The van der Waals surface area contributed by atoms with E-state index < -0.39 is 5.97 Å². The number of methoxy groups -OCH3 is 1. The van der Waals surface area contributed by atoms with Gasteiger partial charge in [-0.25, -0.2) is 4.79 Å². The minimum Gasteiger partial charge on any atom is -0.497 e. The number of aryl methyl sites for hydroxylation is 1. The minimum atomic E-state index is -1.03. The van der Waals surface area contributed by atoms with Crippen LogP contribution in [0.15, 0.2) is 18.2 Å². The Kier molecular flexibility index (Phi) is 2.98. The number of fused-ring (bicyclic) bond motifs is 1. The van der Waals surface area contributed by atoms with Crippen LogP contribution in [0.5, 0.6) is 5.75 Å². The van der Waals surface area contributed by atoms with Crippen molar-refractivity contribution in [3.63, 3.8) is 0 Å². The number of rotatable bonds is 3. The molecule has 0 fully saturated rings. The van der Waals surface area contributed by atoms with E-state index in [1.807, 2.05) is 13.0 Å². The minimum absolute atomic E-state index is 0.127. The first-order valence-corrected chi connectivity index (χ1v) is 5.57. The van der Waals surface area contributed by atoms with Gasteiger partial charge in [-0.05, 0) is 25.1 Å². The first kappa shape index (κ1) is 11.8. The molecule has 1 aromatic heterocycles. The molecule has 90 valence electrons. The van der Waals surface area contributed by atoms with Gasteiger partial charge in [0.05, 0.1) is 12.6 Å². The van der Waals surface area contributed by atoms with Crippen molar-refractivity contribution in [1.82, 2.24) is 4.57 Å². The quantitative estimate of drug-likeness (QED) is 0.915. The van der Waals surface area contributed by atoms with Gasteiger partial charge in [0.15, 0.2) is 0 Å². The largest absolute Gasteiger partial charge is 0.497 e. The first-order chi connectivity index (χ1) is 8.10. The Morgan fingerprint density at radius 3 is 2.76 bits per heavy atom. The number of aromatic carboxylic acids is 1. The molecule has 0 aliphatic rings. The molecular formula is C12H12ClNO3. The lowest BCUT2D eigenvalue weighted by molar-refractivity contribution is 0.0699. The number of aromatic nitrogens is 1. The fraction of sp³-hybridized carbons (Fsp3) is 0.250. The molecule has 0 aliphatic heterocycles. The second-order valence-electron chi connectivity index (χ2n) is 3.60. The maximum atomic E-state index is 11.2. The Balaban J connectivity index is 2.86. The van der Waals surface area contributed by atoms with Gasteiger partial charge in [0.25, 0.3) is 0 Å². The molecule has 0 spiro atoms. The molecule has 0 radical (unpaired) electrons. The Morgan fingerprint density at radius 2 is 2.24 bits per heavy atom. The Hall–Kier alpha value is -1.68. The summed E-state index contributed by atoms with van der Waals surface area (Å²) < 4.78 is 6.86. The van der Waals surface area contributed by atoms with Crippen LogP contribution in [0.2, 0.25) is 5.15 Å². The van der Waals surface area contributed by atoms with E-state index in [9.17, 15) is 9.90 Å². The van der Waals surface area contributed by atoms with Crippen molar-refractivity contribution >= 4 is 28.5 Å². The van der Waals surface area contributed by atoms with Crippen molar-refractivity contribution in [2.24, 2.45) is 0 Å². The summed E-state index contributed by atoms with van der Waals surface area (Å²) in [6.07, 6.45) is 0. The highest BCUT2D eigenvalue weighted by molar-refractivity contribution is 6.35. The van der Waals surface area contributed by atoms with E-state index in [4.69, 9.17) is 16.3 Å². The van der Waals surface area contributed by atoms with E-state index in [2.05, 4.69) is 0 Å². The van der Waals surface area contributed by atoms with Crippen molar-refractivity contribution in [3.8, 4) is 5.75 Å². The number of nitrogens with zero attached hydrogens (tertiary/aromatic N) is 1. The highest BCUT2D eigenvalue weighted by atomic mass is 35.5. The van der Waals surface area contributed by atoms with E-state index in [-0.39, 0.29) is 10.7 Å². The van der Waals surface area contributed by atoms with Crippen LogP contribution in [0.4, 0.5) is 0 Å². The van der Waals surface area contributed by atoms with Gasteiger partial charge in [-0.3, -0.25) is 0 Å². The van der Waals surface area contributed by atoms with Crippen molar-refractivity contribution in [1.29, 1.82) is 0 Å². The molecule has 1 aromatic carbocycles. The van der Waals surface area contributed by atoms with E-state index in [0.717, 1.165) is 5.52 Å². The maximum Gasteiger partial charge on any atom is 0.339 e. The van der Waals surface area contributed by atoms with Crippen molar-refractivity contribution < 1.29 is 14.6 Å². The van der Waals surface area contributed by atoms with Crippen LogP contribution in [0.25, 0.3) is 10.9 Å². The molecule has 0 amide bonds. The van der Waals surface area contributed by atoms with Crippen LogP contribution in [-0.4, -0.2) is 22.8 Å². The van der Waals surface area contributed by atoms with Gasteiger partial charge in [-0.15, -0.1) is 0 Å². The van der Waals surface area contributed by atoms with Crippen LogP contribution in [0, 0.1) is 0 Å². The van der Waals surface area contributed by atoms with Gasteiger partial charge in [0.1, 0.15) is 16.5 Å². The van der Waals surface area contributed by atoms with Gasteiger partial charge in [-0.1, -0.05) is 11.6 Å². The van der Waals surface area contributed by atoms with Crippen LogP contribution in [0.1, 0.15) is 17.3 Å². The molecule has 1 N–H and O–H groups in total. The molecule has 0 unspecified atom stereocenters. The number of hydrogen-bond donors (Lipinski definition) is 1. The number of carboxylic acids is 1. The number of halogens is 1. The third-order valence-corrected chi connectivity index (χ3v) is 3.13. The van der Waals surface area contributed by atoms with Gasteiger partial charge in [0, 0.05) is 11.9 Å². The zero-order chi connectivity index (χ0) is 12.6. The summed E-state index contributed by atoms with van der Waals surface area (Å²) in [5.74, 6) is -0.412. The average molecular weight is 254 g/mol. The lowest BCUT2D eigenvalue weighted by Crippen LogP contribution is -1.98. The molecule has 0 atom stereocenters. The molecule has 1 heterocycles. The lowest BCUT2D eigenvalue weighted by Gasteiger charge is -2.03. The molecule has 2 rings (SSSR count). The molecular weight excluding hydrogens is 242 g/mol. The summed E-state index contributed by atoms with van der Waals surface area (Å²) in [4.78, 5) is 11.2. The highest BCUT2D eigenvalue weighted by Gasteiger charge is 2.20. The monoisotopic (exact) mass is 253 g/mol. The third kappa shape index (κ3) is 1.74. The third-order valence-electron chi connectivity index (χ3n) is 2.74. The SMILES string of the molecule is CCn1c(Cl)c(C(=O)O)c2cc(OC)ccc21. The highest BCUT2D eigenvalue weighted by Crippen LogP contribution is 2.32. The number of carboxylic acid groups (broad SMARTS) is 1. The average Bonchev–Trinajstić information content (AvgIpc) is 2.59. The Bertz CT molecular complexity index is 589. The number of hydrogen-bond acceptors (Lipinski definition) is 2. The molecule has 5 heteroatoms. The molecule has 0 aliphatic carbocycles. The van der Waals surface area contributed by atoms with E-state index >= 15 is 0 Å². The predicted octanol–water partition coefficient (Wildman–Crippen LogP) is 3.02. The summed E-state index contributed by atoms with van der Waals surface area (Å²) in [5, 5.41) is 10.1. The van der Waals surface area contributed by atoms with Crippen LogP contribution >= 0.6 is 11.6 Å². The molecule has 17 heavy (non-hydrogen) atoms. The second-order valence-corrected chi connectivity index (χ2v) is 3.96. The van der Waals surface area contributed by atoms with Crippen molar-refractivity contribution in [2.75, 3.05) is 7.11 Å². The predicted molar refractivity (Wildman–Crippen MR) is 66.1 cm³/mol. The normalized spacial score (nSPS) is 10.8. The Labute approximate surface area is 103 Å². The first-order valence-electron chi connectivity index (χ1n) is 5.19. The fourth-order valence-corrected chi connectivity index (χ4v) is 2.34.